The molecule has 6 heteroatoms. The predicted octanol–water partition coefficient (Wildman–Crippen LogP) is 5.46. The van der Waals surface area contributed by atoms with Gasteiger partial charge in [-0.2, -0.15) is 5.10 Å². The Morgan fingerprint density at radius 3 is 2.36 bits per heavy atom. The zero-order valence-electron chi connectivity index (χ0n) is 15.7. The molecule has 0 aliphatic carbocycles. The van der Waals surface area contributed by atoms with E-state index in [1.165, 1.54) is 10.6 Å². The Balaban J connectivity index is 1.75. The lowest BCUT2D eigenvalue weighted by Gasteiger charge is -2.11. The second-order valence-electron chi connectivity index (χ2n) is 6.37. The predicted molar refractivity (Wildman–Crippen MR) is 121 cm³/mol. The van der Waals surface area contributed by atoms with Crippen LogP contribution in [0.5, 0.6) is 0 Å². The van der Waals surface area contributed by atoms with Crippen molar-refractivity contribution in [2.24, 2.45) is 10.1 Å². The average Bonchev–Trinajstić information content (AvgIpc) is 3.37. The molecule has 0 saturated carbocycles. The van der Waals surface area contributed by atoms with Crippen molar-refractivity contribution in [2.45, 2.75) is 0 Å². The molecule has 2 aromatic heterocycles. The lowest BCUT2D eigenvalue weighted by Crippen LogP contribution is -2.11. The molecule has 0 aliphatic heterocycles. The highest BCUT2D eigenvalue weighted by molar-refractivity contribution is 7.14. The first-order chi connectivity index (χ1) is 13.7. The van der Waals surface area contributed by atoms with Crippen molar-refractivity contribution in [1.82, 2.24) is 4.68 Å². The summed E-state index contributed by atoms with van der Waals surface area (Å²) in [6, 6.07) is 22.5. The fraction of sp³-hybridized carbons (Fsp3) is 0.0909. The Bertz CT molecular complexity index is 1120. The molecule has 0 saturated heterocycles. The number of aromatic nitrogens is 1. The number of nitrogens with zero attached hydrogens (tertiary/aromatic N) is 4. The van der Waals surface area contributed by atoms with Gasteiger partial charge in [-0.15, -0.1) is 22.7 Å². The van der Waals surface area contributed by atoms with Gasteiger partial charge in [0.25, 0.3) is 0 Å². The lowest BCUT2D eigenvalue weighted by molar-refractivity contribution is 0.856. The Kier molecular flexibility index (Phi) is 5.50. The third kappa shape index (κ3) is 4.13. The van der Waals surface area contributed by atoms with E-state index in [0.29, 0.717) is 0 Å². The number of thiophene rings is 1. The Labute approximate surface area is 172 Å². The third-order valence-corrected chi connectivity index (χ3v) is 5.88. The van der Waals surface area contributed by atoms with Crippen LogP contribution in [0.4, 0.5) is 11.4 Å². The molecule has 0 aliphatic rings. The van der Waals surface area contributed by atoms with Crippen LogP contribution in [0.2, 0.25) is 0 Å². The monoisotopic (exact) mass is 404 g/mol. The number of thiazole rings is 1. The molecule has 0 radical (unpaired) electrons. The van der Waals surface area contributed by atoms with Gasteiger partial charge in [0.1, 0.15) is 0 Å². The van der Waals surface area contributed by atoms with Crippen molar-refractivity contribution < 1.29 is 0 Å². The molecule has 4 aromatic rings. The fourth-order valence-corrected chi connectivity index (χ4v) is 4.33. The molecule has 2 aromatic carbocycles. The van der Waals surface area contributed by atoms with Gasteiger partial charge in [-0.3, -0.25) is 0 Å². The molecule has 4 rings (SSSR count). The summed E-state index contributed by atoms with van der Waals surface area (Å²) < 4.78 is 1.92. The minimum absolute atomic E-state index is 0.843. The second-order valence-corrected chi connectivity index (χ2v) is 8.15. The molecule has 0 spiro atoms. The Morgan fingerprint density at radius 2 is 1.68 bits per heavy atom. The summed E-state index contributed by atoms with van der Waals surface area (Å²) >= 11 is 3.29. The summed E-state index contributed by atoms with van der Waals surface area (Å²) in [7, 11) is 4.07. The van der Waals surface area contributed by atoms with Crippen LogP contribution in [0, 0.1) is 0 Å². The average molecular weight is 405 g/mol. The van der Waals surface area contributed by atoms with Crippen LogP contribution < -0.4 is 9.70 Å². The van der Waals surface area contributed by atoms with E-state index in [9.17, 15) is 0 Å². The summed E-state index contributed by atoms with van der Waals surface area (Å²) in [5, 5.41) is 8.95. The van der Waals surface area contributed by atoms with E-state index in [1.54, 1.807) is 22.7 Å². The maximum absolute atomic E-state index is 4.79. The van der Waals surface area contributed by atoms with E-state index in [2.05, 4.69) is 52.1 Å². The lowest BCUT2D eigenvalue weighted by atomic mass is 10.2. The van der Waals surface area contributed by atoms with Gasteiger partial charge in [0.05, 0.1) is 22.5 Å². The first kappa shape index (κ1) is 18.4. The maximum atomic E-state index is 4.79. The van der Waals surface area contributed by atoms with Gasteiger partial charge in [0, 0.05) is 25.2 Å². The number of hydrogen-bond donors (Lipinski definition) is 0. The molecule has 2 heterocycles. The molecule has 0 unspecified atom stereocenters. The molecule has 0 fully saturated rings. The number of hydrogen-bond acceptors (Lipinski definition) is 5. The number of anilines is 1. The van der Waals surface area contributed by atoms with Crippen molar-refractivity contribution in [2.75, 3.05) is 19.0 Å². The van der Waals surface area contributed by atoms with Gasteiger partial charge in [-0.1, -0.05) is 36.4 Å². The van der Waals surface area contributed by atoms with Crippen LogP contribution >= 0.6 is 22.7 Å². The molecule has 140 valence electrons. The van der Waals surface area contributed by atoms with E-state index in [0.717, 1.165) is 21.7 Å². The van der Waals surface area contributed by atoms with Crippen LogP contribution in [-0.4, -0.2) is 25.0 Å². The Hall–Kier alpha value is -2.96. The number of para-hydroxylation sites is 1. The molecule has 0 amide bonds. The topological polar surface area (TPSA) is 32.9 Å². The van der Waals surface area contributed by atoms with Crippen molar-refractivity contribution in [1.29, 1.82) is 0 Å². The minimum Gasteiger partial charge on any atom is -0.378 e. The second kappa shape index (κ2) is 8.37. The van der Waals surface area contributed by atoms with E-state index in [-0.39, 0.29) is 0 Å². The normalized spacial score (nSPS) is 12.0. The maximum Gasteiger partial charge on any atom is 0.211 e. The number of rotatable bonds is 5. The highest BCUT2D eigenvalue weighted by atomic mass is 32.1. The first-order valence-corrected chi connectivity index (χ1v) is 10.6. The standard InChI is InChI=1S/C22H20N4S2/c1-25(2)19-12-10-17(11-13-19)15-23-26-20(21-9-6-14-27-21)16-28-22(26)24-18-7-4-3-5-8-18/h3-16H,1-2H3. The van der Waals surface area contributed by atoms with Gasteiger partial charge in [-0.05, 0) is 41.3 Å². The van der Waals surface area contributed by atoms with E-state index in [1.807, 2.05) is 55.3 Å². The van der Waals surface area contributed by atoms with Crippen molar-refractivity contribution in [3.05, 3.63) is 87.9 Å². The quantitative estimate of drug-likeness (QED) is 0.407. The van der Waals surface area contributed by atoms with E-state index < -0.39 is 0 Å². The molecular formula is C22H20N4S2. The molecule has 0 N–H and O–H groups in total. The number of benzene rings is 2. The highest BCUT2D eigenvalue weighted by Crippen LogP contribution is 2.25. The molecule has 4 nitrogen and oxygen atoms in total. The first-order valence-electron chi connectivity index (χ1n) is 8.87. The molecule has 0 bridgehead atoms. The summed E-state index contributed by atoms with van der Waals surface area (Å²) in [4.78, 5) is 8.89. The van der Waals surface area contributed by atoms with Crippen molar-refractivity contribution in [3.63, 3.8) is 0 Å². The zero-order chi connectivity index (χ0) is 19.3. The van der Waals surface area contributed by atoms with Gasteiger partial charge in [-0.25, -0.2) is 9.67 Å². The Morgan fingerprint density at radius 1 is 0.893 bits per heavy atom. The molecular weight excluding hydrogens is 384 g/mol. The smallest absolute Gasteiger partial charge is 0.211 e. The van der Waals surface area contributed by atoms with Crippen LogP contribution in [0.1, 0.15) is 5.56 Å². The van der Waals surface area contributed by atoms with Crippen molar-refractivity contribution in [3.8, 4) is 10.6 Å². The highest BCUT2D eigenvalue weighted by Gasteiger charge is 2.08. The largest absolute Gasteiger partial charge is 0.378 e. The van der Waals surface area contributed by atoms with E-state index in [4.69, 9.17) is 10.1 Å². The fourth-order valence-electron chi connectivity index (χ4n) is 2.68. The SMILES string of the molecule is CN(C)c1ccc(C=Nn2c(-c3cccs3)csc2=Nc2ccccc2)cc1. The van der Waals surface area contributed by atoms with Gasteiger partial charge < -0.3 is 4.90 Å². The summed E-state index contributed by atoms with van der Waals surface area (Å²) in [5.41, 5.74) is 4.18. The summed E-state index contributed by atoms with van der Waals surface area (Å²) in [6.07, 6.45) is 1.88. The van der Waals surface area contributed by atoms with Gasteiger partial charge in [0.2, 0.25) is 4.80 Å². The summed E-state index contributed by atoms with van der Waals surface area (Å²) in [5.74, 6) is 0. The van der Waals surface area contributed by atoms with Gasteiger partial charge >= 0.3 is 0 Å². The molecule has 0 atom stereocenters. The van der Waals surface area contributed by atoms with E-state index >= 15 is 0 Å². The zero-order valence-corrected chi connectivity index (χ0v) is 17.3. The van der Waals surface area contributed by atoms with Crippen molar-refractivity contribution >= 4 is 40.3 Å². The minimum atomic E-state index is 0.843. The third-order valence-electron chi connectivity index (χ3n) is 4.17. The van der Waals surface area contributed by atoms with Crippen LogP contribution in [-0.2, 0) is 0 Å². The van der Waals surface area contributed by atoms with Gasteiger partial charge in [0.15, 0.2) is 0 Å². The van der Waals surface area contributed by atoms with Crippen LogP contribution in [0.3, 0.4) is 0 Å². The van der Waals surface area contributed by atoms with Crippen LogP contribution in [0.15, 0.2) is 87.6 Å². The molecule has 28 heavy (non-hydrogen) atoms. The summed E-state index contributed by atoms with van der Waals surface area (Å²) in [6.45, 7) is 0. The van der Waals surface area contributed by atoms with Crippen LogP contribution in [0.25, 0.3) is 10.6 Å².